The van der Waals surface area contributed by atoms with Crippen LogP contribution in [0.25, 0.3) is 0 Å². The third kappa shape index (κ3) is 6.30. The van der Waals surface area contributed by atoms with Crippen LogP contribution < -0.4 is 5.32 Å². The average molecular weight is 359 g/mol. The molecule has 3 atom stereocenters. The number of hydrogen-bond donors (Lipinski definition) is 1. The second kappa shape index (κ2) is 7.84. The van der Waals surface area contributed by atoms with Crippen molar-refractivity contribution in [1.82, 2.24) is 5.32 Å². The van der Waals surface area contributed by atoms with Gasteiger partial charge in [0.2, 0.25) is 0 Å². The van der Waals surface area contributed by atoms with Crippen LogP contribution in [0.4, 0.5) is 26.3 Å². The number of unbranched alkanes of at least 4 members (excludes halogenated alkanes) is 1. The van der Waals surface area contributed by atoms with E-state index >= 15 is 0 Å². The molecule has 1 rings (SSSR count). The van der Waals surface area contributed by atoms with E-state index in [4.69, 9.17) is 0 Å². The maximum absolute atomic E-state index is 12.9. The van der Waals surface area contributed by atoms with E-state index in [9.17, 15) is 26.3 Å². The summed E-state index contributed by atoms with van der Waals surface area (Å²) in [6.45, 7) is 3.68. The van der Waals surface area contributed by atoms with Crippen LogP contribution in [0.2, 0.25) is 0 Å². The highest BCUT2D eigenvalue weighted by molar-refractivity contribution is 7.17. The number of benzene rings is 1. The molecule has 23 heavy (non-hydrogen) atoms. The van der Waals surface area contributed by atoms with Crippen LogP contribution in [0, 0.1) is 0 Å². The first kappa shape index (κ1) is 20.2. The Hall–Kier alpha value is -0.810. The lowest BCUT2D eigenvalue weighted by Gasteiger charge is -2.24. The van der Waals surface area contributed by atoms with Gasteiger partial charge in [-0.1, -0.05) is 19.8 Å². The lowest BCUT2D eigenvalue weighted by atomic mass is 9.96. The summed E-state index contributed by atoms with van der Waals surface area (Å²) in [5.74, 6) is -0.138. The molecule has 0 bridgehead atoms. The van der Waals surface area contributed by atoms with Crippen LogP contribution in [0.3, 0.4) is 0 Å². The molecule has 0 fully saturated rings. The summed E-state index contributed by atoms with van der Waals surface area (Å²) in [6.07, 6.45) is -7.68. The molecule has 1 N–H and O–H groups in total. The van der Waals surface area contributed by atoms with Gasteiger partial charge in [-0.3, -0.25) is 0 Å². The van der Waals surface area contributed by atoms with Crippen molar-refractivity contribution < 1.29 is 26.3 Å². The zero-order valence-electron chi connectivity index (χ0n) is 12.9. The minimum absolute atomic E-state index is 0.00917. The molecule has 0 amide bonds. The molecular weight excluding hydrogens is 339 g/mol. The fourth-order valence-electron chi connectivity index (χ4n) is 2.25. The quantitative estimate of drug-likeness (QED) is 0.503. The Morgan fingerprint density at radius 1 is 1.00 bits per heavy atom. The summed E-state index contributed by atoms with van der Waals surface area (Å²) in [4.78, 5) is 0. The van der Waals surface area contributed by atoms with Crippen LogP contribution in [0.15, 0.2) is 18.2 Å². The minimum Gasteiger partial charge on any atom is -0.304 e. The Morgan fingerprint density at radius 2 is 1.48 bits per heavy atom. The van der Waals surface area contributed by atoms with Crippen molar-refractivity contribution in [3.8, 4) is 0 Å². The van der Waals surface area contributed by atoms with Gasteiger partial charge in [0.25, 0.3) is 0 Å². The molecule has 132 valence electrons. The van der Waals surface area contributed by atoms with Gasteiger partial charge in [-0.15, -0.1) is 9.24 Å². The van der Waals surface area contributed by atoms with Crippen molar-refractivity contribution in [3.05, 3.63) is 34.9 Å². The number of alkyl halides is 6. The predicted octanol–water partition coefficient (Wildman–Crippen LogP) is 5.77. The van der Waals surface area contributed by atoms with E-state index in [1.165, 1.54) is 0 Å². The molecule has 0 aliphatic rings. The fraction of sp³-hybridized carbons (Fsp3) is 0.600. The molecule has 1 nitrogen and oxygen atoms in total. The number of rotatable bonds is 6. The maximum Gasteiger partial charge on any atom is 0.416 e. The highest BCUT2D eigenvalue weighted by Crippen LogP contribution is 2.38. The second-order valence-electron chi connectivity index (χ2n) is 5.49. The first-order valence-electron chi connectivity index (χ1n) is 7.26. The first-order chi connectivity index (χ1) is 10.4. The molecule has 0 spiro atoms. The van der Waals surface area contributed by atoms with E-state index in [-0.39, 0.29) is 17.4 Å². The van der Waals surface area contributed by atoms with E-state index in [2.05, 4.69) is 14.6 Å². The predicted molar refractivity (Wildman–Crippen MR) is 81.0 cm³/mol. The van der Waals surface area contributed by atoms with E-state index in [1.807, 2.05) is 6.92 Å². The second-order valence-corrected chi connectivity index (χ2v) is 6.49. The van der Waals surface area contributed by atoms with Crippen LogP contribution in [-0.2, 0) is 12.4 Å². The topological polar surface area (TPSA) is 12.0 Å². The SMILES string of the molecule is CCCCC(N[C@@H](C)P)c1cc(C(F)(F)F)cc(C(F)(F)F)c1. The van der Waals surface area contributed by atoms with Gasteiger partial charge in [0.05, 0.1) is 11.1 Å². The molecule has 0 saturated carbocycles. The first-order valence-corrected chi connectivity index (χ1v) is 7.92. The van der Waals surface area contributed by atoms with Gasteiger partial charge in [0.15, 0.2) is 0 Å². The minimum atomic E-state index is -4.82. The molecule has 0 radical (unpaired) electrons. The summed E-state index contributed by atoms with van der Waals surface area (Å²) < 4.78 is 77.5. The van der Waals surface area contributed by atoms with Gasteiger partial charge in [-0.05, 0) is 37.1 Å². The van der Waals surface area contributed by atoms with Gasteiger partial charge in [0, 0.05) is 11.8 Å². The Balaban J connectivity index is 3.34. The van der Waals surface area contributed by atoms with E-state index < -0.39 is 29.5 Å². The summed E-state index contributed by atoms with van der Waals surface area (Å²) >= 11 is 0. The summed E-state index contributed by atoms with van der Waals surface area (Å²) in [5.41, 5.74) is -2.54. The number of nitrogens with one attached hydrogen (secondary N) is 1. The Labute approximate surface area is 134 Å². The monoisotopic (exact) mass is 359 g/mol. The highest BCUT2D eigenvalue weighted by Gasteiger charge is 2.37. The van der Waals surface area contributed by atoms with E-state index in [0.29, 0.717) is 12.8 Å². The van der Waals surface area contributed by atoms with Crippen molar-refractivity contribution in [2.24, 2.45) is 0 Å². The normalized spacial score (nSPS) is 15.5. The third-order valence-corrected chi connectivity index (χ3v) is 3.52. The third-order valence-electron chi connectivity index (χ3n) is 3.32. The summed E-state index contributed by atoms with van der Waals surface area (Å²) in [5, 5.41) is 3.02. The molecule has 2 unspecified atom stereocenters. The van der Waals surface area contributed by atoms with Crippen LogP contribution in [0.1, 0.15) is 55.8 Å². The smallest absolute Gasteiger partial charge is 0.304 e. The number of halogens is 6. The van der Waals surface area contributed by atoms with Crippen molar-refractivity contribution in [3.63, 3.8) is 0 Å². The Kier molecular flexibility index (Phi) is 6.90. The largest absolute Gasteiger partial charge is 0.416 e. The van der Waals surface area contributed by atoms with Crippen molar-refractivity contribution >= 4 is 9.24 Å². The van der Waals surface area contributed by atoms with Gasteiger partial charge in [-0.2, -0.15) is 26.3 Å². The van der Waals surface area contributed by atoms with Gasteiger partial charge in [-0.25, -0.2) is 0 Å². The van der Waals surface area contributed by atoms with Gasteiger partial charge < -0.3 is 5.32 Å². The molecule has 1 aromatic rings. The lowest BCUT2D eigenvalue weighted by Crippen LogP contribution is -2.27. The molecule has 0 aliphatic carbocycles. The summed E-state index contributed by atoms with van der Waals surface area (Å²) in [6, 6.07) is 1.20. The highest BCUT2D eigenvalue weighted by atomic mass is 31.0. The molecule has 8 heteroatoms. The molecule has 0 aromatic heterocycles. The zero-order valence-corrected chi connectivity index (χ0v) is 14.0. The van der Waals surface area contributed by atoms with E-state index in [0.717, 1.165) is 18.6 Å². The average Bonchev–Trinajstić information content (AvgIpc) is 2.40. The molecule has 1 aromatic carbocycles. The molecule has 0 heterocycles. The van der Waals surface area contributed by atoms with Crippen molar-refractivity contribution in [2.45, 2.75) is 57.3 Å². The van der Waals surface area contributed by atoms with Crippen molar-refractivity contribution in [1.29, 1.82) is 0 Å². The standard InChI is InChI=1S/C15H20F6NP/c1-3-4-5-13(22-9(2)23)10-6-11(14(16,17)18)8-12(7-10)15(19,20)21/h6-9,13,22H,3-5,23H2,1-2H3/t9-,13?/m1/s1. The maximum atomic E-state index is 12.9. The molecule has 0 saturated heterocycles. The van der Waals surface area contributed by atoms with Gasteiger partial charge >= 0.3 is 12.4 Å². The zero-order chi connectivity index (χ0) is 17.8. The Bertz CT molecular complexity index is 477. The molecule has 0 aliphatic heterocycles. The fourth-order valence-corrected chi connectivity index (χ4v) is 2.48. The van der Waals surface area contributed by atoms with Gasteiger partial charge in [0.1, 0.15) is 0 Å². The van der Waals surface area contributed by atoms with Crippen LogP contribution >= 0.6 is 9.24 Å². The Morgan fingerprint density at radius 3 is 1.83 bits per heavy atom. The van der Waals surface area contributed by atoms with Crippen LogP contribution in [0.5, 0.6) is 0 Å². The lowest BCUT2D eigenvalue weighted by molar-refractivity contribution is -0.143. The van der Waals surface area contributed by atoms with Crippen molar-refractivity contribution in [2.75, 3.05) is 0 Å². The molecular formula is C15H20F6NP. The van der Waals surface area contributed by atoms with E-state index in [1.54, 1.807) is 6.92 Å². The van der Waals surface area contributed by atoms with Crippen LogP contribution in [-0.4, -0.2) is 5.78 Å². The summed E-state index contributed by atoms with van der Waals surface area (Å²) in [7, 11) is 2.43. The number of hydrogen-bond acceptors (Lipinski definition) is 1.